The highest BCUT2D eigenvalue weighted by atomic mass is 32.2. The molecule has 7 heteroatoms. The van der Waals surface area contributed by atoms with Crippen LogP contribution < -0.4 is 15.2 Å². The number of hydrogen-bond donors (Lipinski definition) is 2. The summed E-state index contributed by atoms with van der Waals surface area (Å²) in [4.78, 5) is 0. The molecule has 21 heavy (non-hydrogen) atoms. The zero-order valence-electron chi connectivity index (χ0n) is 11.2. The predicted octanol–water partition coefficient (Wildman–Crippen LogP) is 1.72. The molecule has 0 bridgehead atoms. The van der Waals surface area contributed by atoms with Crippen LogP contribution in [0.3, 0.4) is 0 Å². The van der Waals surface area contributed by atoms with Crippen LogP contribution >= 0.6 is 0 Å². The molecule has 0 atom stereocenters. The second kappa shape index (κ2) is 5.25. The van der Waals surface area contributed by atoms with E-state index in [4.69, 9.17) is 10.5 Å². The van der Waals surface area contributed by atoms with E-state index in [1.807, 2.05) is 12.2 Å². The van der Waals surface area contributed by atoms with E-state index >= 15 is 0 Å². The number of nitrogens with one attached hydrogen (secondary N) is 1. The number of anilines is 1. The predicted molar refractivity (Wildman–Crippen MR) is 81.7 cm³/mol. The van der Waals surface area contributed by atoms with Crippen molar-refractivity contribution in [2.45, 2.75) is 12.8 Å². The summed E-state index contributed by atoms with van der Waals surface area (Å²) >= 11 is 0. The van der Waals surface area contributed by atoms with Crippen molar-refractivity contribution in [2.24, 2.45) is 10.1 Å². The Morgan fingerprint density at radius 3 is 3.00 bits per heavy atom. The topological polar surface area (TPSA) is 93.8 Å². The summed E-state index contributed by atoms with van der Waals surface area (Å²) in [5.41, 5.74) is 7.81. The summed E-state index contributed by atoms with van der Waals surface area (Å²) in [6.45, 7) is 0.445. The minimum atomic E-state index is -3.76. The SMILES string of the molecule is NC1=NS(=O)(=O)Nc2cccc(OCC3=CC=CCC3)c21. The molecule has 1 heterocycles. The molecule has 0 aromatic heterocycles. The molecular weight excluding hydrogens is 290 g/mol. The van der Waals surface area contributed by atoms with Crippen LogP contribution in [0.5, 0.6) is 5.75 Å². The maximum Gasteiger partial charge on any atom is 0.344 e. The lowest BCUT2D eigenvalue weighted by molar-refractivity contribution is 0.346. The molecule has 3 rings (SSSR count). The number of fused-ring (bicyclic) bond motifs is 1. The van der Waals surface area contributed by atoms with E-state index in [0.29, 0.717) is 23.6 Å². The van der Waals surface area contributed by atoms with Gasteiger partial charge in [0.05, 0.1) is 11.3 Å². The van der Waals surface area contributed by atoms with E-state index in [9.17, 15) is 8.42 Å². The van der Waals surface area contributed by atoms with Crippen LogP contribution in [0.1, 0.15) is 18.4 Å². The Bertz CT molecular complexity index is 764. The molecule has 0 saturated carbocycles. The van der Waals surface area contributed by atoms with Gasteiger partial charge in [0.15, 0.2) is 5.84 Å². The van der Waals surface area contributed by atoms with Crippen molar-refractivity contribution < 1.29 is 13.2 Å². The maximum absolute atomic E-state index is 11.5. The Balaban J connectivity index is 1.88. The van der Waals surface area contributed by atoms with Gasteiger partial charge < -0.3 is 10.5 Å². The van der Waals surface area contributed by atoms with Crippen LogP contribution in [0.2, 0.25) is 0 Å². The average molecular weight is 305 g/mol. The molecule has 1 aliphatic heterocycles. The van der Waals surface area contributed by atoms with Crippen LogP contribution in [0.4, 0.5) is 5.69 Å². The molecule has 6 nitrogen and oxygen atoms in total. The Hall–Kier alpha value is -2.28. The molecule has 0 spiro atoms. The van der Waals surface area contributed by atoms with E-state index in [0.717, 1.165) is 12.8 Å². The third kappa shape index (κ3) is 2.92. The smallest absolute Gasteiger partial charge is 0.344 e. The first-order valence-corrected chi connectivity index (χ1v) is 7.98. The molecule has 1 aromatic rings. The van der Waals surface area contributed by atoms with Gasteiger partial charge in [0.2, 0.25) is 0 Å². The van der Waals surface area contributed by atoms with Crippen LogP contribution in [0, 0.1) is 0 Å². The zero-order valence-corrected chi connectivity index (χ0v) is 12.1. The molecule has 0 unspecified atom stereocenters. The van der Waals surface area contributed by atoms with Gasteiger partial charge in [-0.15, -0.1) is 4.40 Å². The standard InChI is InChI=1S/C14H15N3O3S/c15-14-13-11(16-21(18,19)17-14)7-4-8-12(13)20-9-10-5-2-1-3-6-10/h1-2,4-5,7-8,16H,3,6,9H2,(H2,15,17). The van der Waals surface area contributed by atoms with E-state index in [1.54, 1.807) is 18.2 Å². The summed E-state index contributed by atoms with van der Waals surface area (Å²) in [5.74, 6) is 0.462. The minimum absolute atomic E-state index is 0.0585. The first kappa shape index (κ1) is 13.7. The molecule has 2 aliphatic rings. The number of ether oxygens (including phenoxy) is 1. The van der Waals surface area contributed by atoms with Crippen LogP contribution in [-0.2, 0) is 10.2 Å². The van der Waals surface area contributed by atoms with E-state index in [2.05, 4.69) is 15.2 Å². The molecule has 1 aliphatic carbocycles. The van der Waals surface area contributed by atoms with E-state index in [-0.39, 0.29) is 5.84 Å². The average Bonchev–Trinajstić information content (AvgIpc) is 2.44. The summed E-state index contributed by atoms with van der Waals surface area (Å²) in [6, 6.07) is 5.09. The molecule has 110 valence electrons. The fraction of sp³-hybridized carbons (Fsp3) is 0.214. The summed E-state index contributed by atoms with van der Waals surface area (Å²) in [6.07, 6.45) is 8.10. The lowest BCUT2D eigenvalue weighted by atomic mass is 10.1. The van der Waals surface area contributed by atoms with Crippen LogP contribution in [-0.4, -0.2) is 20.9 Å². The number of nitrogens with two attached hydrogens (primary N) is 1. The summed E-state index contributed by atoms with van der Waals surface area (Å²) in [5, 5.41) is 0. The Kier molecular flexibility index (Phi) is 3.42. The van der Waals surface area contributed by atoms with Crippen molar-refractivity contribution in [3.05, 3.63) is 47.6 Å². The van der Waals surface area contributed by atoms with Gasteiger partial charge in [-0.05, 0) is 30.5 Å². The van der Waals surface area contributed by atoms with E-state index in [1.165, 1.54) is 5.57 Å². The van der Waals surface area contributed by atoms with Crippen LogP contribution in [0.15, 0.2) is 46.4 Å². The van der Waals surface area contributed by atoms with Gasteiger partial charge in [-0.2, -0.15) is 8.42 Å². The Morgan fingerprint density at radius 2 is 2.24 bits per heavy atom. The molecular formula is C14H15N3O3S. The highest BCUT2D eigenvalue weighted by Gasteiger charge is 2.24. The van der Waals surface area contributed by atoms with Gasteiger partial charge in [-0.1, -0.05) is 24.3 Å². The first-order valence-electron chi connectivity index (χ1n) is 6.54. The van der Waals surface area contributed by atoms with E-state index < -0.39 is 10.2 Å². The number of allylic oxidation sites excluding steroid dienone is 3. The van der Waals surface area contributed by atoms with Gasteiger partial charge in [0.25, 0.3) is 0 Å². The number of amidine groups is 1. The molecule has 3 N–H and O–H groups in total. The first-order chi connectivity index (χ1) is 10.1. The van der Waals surface area contributed by atoms with Crippen molar-refractivity contribution in [1.29, 1.82) is 0 Å². The largest absolute Gasteiger partial charge is 0.488 e. The van der Waals surface area contributed by atoms with Gasteiger partial charge in [0, 0.05) is 0 Å². The molecule has 0 radical (unpaired) electrons. The number of benzene rings is 1. The van der Waals surface area contributed by atoms with Crippen molar-refractivity contribution in [3.63, 3.8) is 0 Å². The fourth-order valence-corrected chi connectivity index (χ4v) is 3.12. The molecule has 0 saturated heterocycles. The highest BCUT2D eigenvalue weighted by molar-refractivity contribution is 7.91. The van der Waals surface area contributed by atoms with Crippen molar-refractivity contribution in [3.8, 4) is 5.75 Å². The van der Waals surface area contributed by atoms with Crippen LogP contribution in [0.25, 0.3) is 0 Å². The van der Waals surface area contributed by atoms with Gasteiger partial charge >= 0.3 is 10.2 Å². The quantitative estimate of drug-likeness (QED) is 0.889. The van der Waals surface area contributed by atoms with Gasteiger partial charge in [0.1, 0.15) is 12.4 Å². The lowest BCUT2D eigenvalue weighted by Crippen LogP contribution is -2.27. The zero-order chi connectivity index (χ0) is 14.9. The monoisotopic (exact) mass is 305 g/mol. The second-order valence-electron chi connectivity index (χ2n) is 4.81. The van der Waals surface area contributed by atoms with Gasteiger partial charge in [-0.25, -0.2) is 0 Å². The lowest BCUT2D eigenvalue weighted by Gasteiger charge is -2.19. The van der Waals surface area contributed by atoms with Crippen molar-refractivity contribution in [2.75, 3.05) is 11.3 Å². The number of rotatable bonds is 3. The molecule has 0 fully saturated rings. The Labute approximate surface area is 123 Å². The highest BCUT2D eigenvalue weighted by Crippen LogP contribution is 2.30. The molecule has 1 aromatic carbocycles. The third-order valence-electron chi connectivity index (χ3n) is 3.25. The normalized spacial score (nSPS) is 19.0. The summed E-state index contributed by atoms with van der Waals surface area (Å²) < 4.78 is 34.6. The third-order valence-corrected chi connectivity index (χ3v) is 4.17. The Morgan fingerprint density at radius 1 is 1.38 bits per heavy atom. The van der Waals surface area contributed by atoms with Crippen molar-refractivity contribution >= 4 is 21.7 Å². The number of hydrogen-bond acceptors (Lipinski definition) is 4. The second-order valence-corrected chi connectivity index (χ2v) is 6.15. The number of nitrogens with zero attached hydrogens (tertiary/aromatic N) is 1. The fourth-order valence-electron chi connectivity index (χ4n) is 2.28. The maximum atomic E-state index is 11.5. The van der Waals surface area contributed by atoms with Crippen molar-refractivity contribution in [1.82, 2.24) is 0 Å². The summed E-state index contributed by atoms with van der Waals surface area (Å²) in [7, 11) is -3.76. The molecule has 0 amide bonds. The minimum Gasteiger partial charge on any atom is -0.488 e. The van der Waals surface area contributed by atoms with Gasteiger partial charge in [-0.3, -0.25) is 4.72 Å².